The molecule has 5 heteroatoms. The van der Waals surface area contributed by atoms with Gasteiger partial charge in [0.2, 0.25) is 5.78 Å². The van der Waals surface area contributed by atoms with E-state index in [0.717, 1.165) is 12.8 Å². The molecule has 1 unspecified atom stereocenters. The monoisotopic (exact) mass is 211 g/mol. The van der Waals surface area contributed by atoms with E-state index in [2.05, 4.69) is 0 Å². The van der Waals surface area contributed by atoms with Gasteiger partial charge in [0.1, 0.15) is 0 Å². The Hall–Kier alpha value is -0.580. The molecular weight excluding hydrogens is 195 g/mol. The van der Waals surface area contributed by atoms with Gasteiger partial charge in [-0.15, -0.1) is 0 Å². The minimum Gasteiger partial charge on any atom is -0.328 e. The molecule has 84 valence electrons. The molecule has 0 saturated heterocycles. The molecule has 0 aromatic rings. The standard InChI is InChI=1S/C9H16F3NO/c1-2-4-7(13)5-3-6-8(14)9(10,11)12/h7H,2-6,13H2,1H3. The smallest absolute Gasteiger partial charge is 0.328 e. The van der Waals surface area contributed by atoms with E-state index in [4.69, 9.17) is 5.73 Å². The Bertz CT molecular complexity index is 179. The Morgan fingerprint density at radius 2 is 1.93 bits per heavy atom. The molecule has 0 fully saturated rings. The Balaban J connectivity index is 3.59. The summed E-state index contributed by atoms with van der Waals surface area (Å²) < 4.78 is 35.2. The van der Waals surface area contributed by atoms with E-state index in [-0.39, 0.29) is 12.5 Å². The molecule has 0 radical (unpaired) electrons. The largest absolute Gasteiger partial charge is 0.449 e. The van der Waals surface area contributed by atoms with Crippen molar-refractivity contribution in [2.75, 3.05) is 0 Å². The highest BCUT2D eigenvalue weighted by atomic mass is 19.4. The van der Waals surface area contributed by atoms with E-state index in [0.29, 0.717) is 6.42 Å². The molecular formula is C9H16F3NO. The van der Waals surface area contributed by atoms with Crippen LogP contribution in [0.2, 0.25) is 0 Å². The molecule has 0 aromatic heterocycles. The normalized spacial score (nSPS) is 14.1. The second-order valence-electron chi connectivity index (χ2n) is 3.36. The molecule has 14 heavy (non-hydrogen) atoms. The van der Waals surface area contributed by atoms with Crippen LogP contribution in [0.3, 0.4) is 0 Å². The lowest BCUT2D eigenvalue weighted by atomic mass is 10.0. The predicted octanol–water partition coefficient (Wildman–Crippen LogP) is 2.42. The van der Waals surface area contributed by atoms with Crippen LogP contribution in [0, 0.1) is 0 Å². The van der Waals surface area contributed by atoms with Crippen molar-refractivity contribution in [1.82, 2.24) is 0 Å². The third-order valence-corrected chi connectivity index (χ3v) is 1.95. The summed E-state index contributed by atoms with van der Waals surface area (Å²) in [6.45, 7) is 1.96. The number of rotatable bonds is 6. The Kier molecular flexibility index (Phi) is 5.76. The van der Waals surface area contributed by atoms with Crippen LogP contribution < -0.4 is 5.73 Å². The minimum atomic E-state index is -4.69. The average molecular weight is 211 g/mol. The Morgan fingerprint density at radius 1 is 1.36 bits per heavy atom. The van der Waals surface area contributed by atoms with Gasteiger partial charge in [0, 0.05) is 12.5 Å². The van der Waals surface area contributed by atoms with E-state index in [9.17, 15) is 18.0 Å². The number of alkyl halides is 3. The van der Waals surface area contributed by atoms with Crippen molar-refractivity contribution >= 4 is 5.78 Å². The molecule has 2 nitrogen and oxygen atoms in total. The fourth-order valence-electron chi connectivity index (χ4n) is 1.18. The van der Waals surface area contributed by atoms with Gasteiger partial charge in [-0.2, -0.15) is 13.2 Å². The lowest BCUT2D eigenvalue weighted by Crippen LogP contribution is -2.24. The number of hydrogen-bond donors (Lipinski definition) is 1. The third-order valence-electron chi connectivity index (χ3n) is 1.95. The fraction of sp³-hybridized carbons (Fsp3) is 0.889. The van der Waals surface area contributed by atoms with Crippen LogP contribution in [0.4, 0.5) is 13.2 Å². The summed E-state index contributed by atoms with van der Waals surface area (Å²) in [7, 11) is 0. The summed E-state index contributed by atoms with van der Waals surface area (Å²) in [5.74, 6) is -1.65. The number of halogens is 3. The first kappa shape index (κ1) is 13.4. The van der Waals surface area contributed by atoms with Crippen molar-refractivity contribution in [2.24, 2.45) is 5.73 Å². The lowest BCUT2D eigenvalue weighted by Gasteiger charge is -2.09. The minimum absolute atomic E-state index is 0.0824. The summed E-state index contributed by atoms with van der Waals surface area (Å²) in [6, 6.07) is -0.0824. The van der Waals surface area contributed by atoms with Crippen LogP contribution >= 0.6 is 0 Å². The van der Waals surface area contributed by atoms with Gasteiger partial charge < -0.3 is 5.73 Å². The number of carbonyl (C=O) groups excluding carboxylic acids is 1. The molecule has 1 atom stereocenters. The number of carbonyl (C=O) groups is 1. The summed E-state index contributed by atoms with van der Waals surface area (Å²) in [5, 5.41) is 0. The highest BCUT2D eigenvalue weighted by molar-refractivity contribution is 5.83. The SMILES string of the molecule is CCCC(N)CCCC(=O)C(F)(F)F. The van der Waals surface area contributed by atoms with Crippen molar-refractivity contribution < 1.29 is 18.0 Å². The maximum atomic E-state index is 11.7. The quantitative estimate of drug-likeness (QED) is 0.733. The van der Waals surface area contributed by atoms with Gasteiger partial charge >= 0.3 is 6.18 Å². The average Bonchev–Trinajstić information content (AvgIpc) is 2.02. The summed E-state index contributed by atoms with van der Waals surface area (Å²) in [5.41, 5.74) is 5.59. The second-order valence-corrected chi connectivity index (χ2v) is 3.36. The Morgan fingerprint density at radius 3 is 2.36 bits per heavy atom. The van der Waals surface area contributed by atoms with Crippen LogP contribution in [0.25, 0.3) is 0 Å². The third kappa shape index (κ3) is 5.96. The van der Waals surface area contributed by atoms with Crippen molar-refractivity contribution in [2.45, 2.75) is 51.2 Å². The topological polar surface area (TPSA) is 43.1 Å². The molecule has 0 aliphatic heterocycles. The molecule has 0 aliphatic carbocycles. The second kappa shape index (κ2) is 6.01. The maximum Gasteiger partial charge on any atom is 0.449 e. The molecule has 0 aliphatic rings. The molecule has 2 N–H and O–H groups in total. The zero-order chi connectivity index (χ0) is 11.2. The van der Waals surface area contributed by atoms with E-state index < -0.39 is 18.4 Å². The van der Waals surface area contributed by atoms with Gasteiger partial charge in [0.15, 0.2) is 0 Å². The molecule has 0 saturated carbocycles. The number of nitrogens with two attached hydrogens (primary N) is 1. The fourth-order valence-corrected chi connectivity index (χ4v) is 1.18. The highest BCUT2D eigenvalue weighted by Crippen LogP contribution is 2.19. The van der Waals surface area contributed by atoms with Crippen LogP contribution in [-0.2, 0) is 4.79 Å². The summed E-state index contributed by atoms with van der Waals surface area (Å²) in [4.78, 5) is 10.4. The first-order chi connectivity index (χ1) is 6.38. The lowest BCUT2D eigenvalue weighted by molar-refractivity contribution is -0.171. The Labute approximate surface area is 81.7 Å². The molecule has 0 aromatic carbocycles. The summed E-state index contributed by atoms with van der Waals surface area (Å²) >= 11 is 0. The van der Waals surface area contributed by atoms with Gasteiger partial charge in [-0.25, -0.2) is 0 Å². The highest BCUT2D eigenvalue weighted by Gasteiger charge is 2.37. The van der Waals surface area contributed by atoms with E-state index >= 15 is 0 Å². The molecule has 0 rings (SSSR count). The maximum absolute atomic E-state index is 11.7. The van der Waals surface area contributed by atoms with Crippen molar-refractivity contribution in [3.63, 3.8) is 0 Å². The van der Waals surface area contributed by atoms with E-state index in [1.807, 2.05) is 6.92 Å². The predicted molar refractivity (Wildman–Crippen MR) is 47.8 cm³/mol. The van der Waals surface area contributed by atoms with E-state index in [1.165, 1.54) is 0 Å². The van der Waals surface area contributed by atoms with Gasteiger partial charge in [0.05, 0.1) is 0 Å². The zero-order valence-electron chi connectivity index (χ0n) is 8.23. The van der Waals surface area contributed by atoms with Gasteiger partial charge in [0.25, 0.3) is 0 Å². The van der Waals surface area contributed by atoms with Crippen LogP contribution in [0.15, 0.2) is 0 Å². The van der Waals surface area contributed by atoms with Crippen LogP contribution in [-0.4, -0.2) is 18.0 Å². The number of Topliss-reactive ketones (excluding diaryl/α,β-unsaturated/α-hetero) is 1. The van der Waals surface area contributed by atoms with E-state index in [1.54, 1.807) is 0 Å². The van der Waals surface area contributed by atoms with Gasteiger partial charge in [-0.3, -0.25) is 4.79 Å². The van der Waals surface area contributed by atoms with Crippen molar-refractivity contribution in [3.05, 3.63) is 0 Å². The number of ketones is 1. The zero-order valence-corrected chi connectivity index (χ0v) is 8.23. The van der Waals surface area contributed by atoms with Gasteiger partial charge in [-0.1, -0.05) is 13.3 Å². The van der Waals surface area contributed by atoms with Crippen molar-refractivity contribution in [1.29, 1.82) is 0 Å². The first-order valence-electron chi connectivity index (χ1n) is 4.73. The van der Waals surface area contributed by atoms with Crippen LogP contribution in [0.5, 0.6) is 0 Å². The van der Waals surface area contributed by atoms with Crippen molar-refractivity contribution in [3.8, 4) is 0 Å². The summed E-state index contributed by atoms with van der Waals surface area (Å²) in [6.07, 6.45) is -2.72. The molecule has 0 amide bonds. The first-order valence-corrected chi connectivity index (χ1v) is 4.73. The molecule has 0 bridgehead atoms. The molecule has 0 heterocycles. The van der Waals surface area contributed by atoms with Crippen LogP contribution in [0.1, 0.15) is 39.0 Å². The molecule has 0 spiro atoms. The number of hydrogen-bond acceptors (Lipinski definition) is 2. The van der Waals surface area contributed by atoms with Gasteiger partial charge in [-0.05, 0) is 19.3 Å².